The fraction of sp³-hybridized carbons (Fsp3) is 0.650. The van der Waals surface area contributed by atoms with Crippen LogP contribution >= 0.6 is 0 Å². The molecule has 2 rings (SSSR count). The number of amides is 1. The number of nitrogens with one attached hydrogen (secondary N) is 1. The molecular weight excluding hydrogens is 340 g/mol. The first kappa shape index (κ1) is 29.6. The van der Waals surface area contributed by atoms with Crippen LogP contribution in [0.15, 0.2) is 18.0 Å². The molecule has 158 valence electrons. The van der Waals surface area contributed by atoms with Crippen LogP contribution in [0.3, 0.4) is 0 Å². The highest BCUT2D eigenvalue weighted by Gasteiger charge is 2.17. The van der Waals surface area contributed by atoms with Gasteiger partial charge < -0.3 is 21.7 Å². The van der Waals surface area contributed by atoms with E-state index in [1.54, 1.807) is 6.20 Å². The summed E-state index contributed by atoms with van der Waals surface area (Å²) in [5.41, 5.74) is 10.9. The van der Waals surface area contributed by atoms with Crippen molar-refractivity contribution in [3.63, 3.8) is 0 Å². The molecule has 0 bridgehead atoms. The second-order valence-corrected chi connectivity index (χ2v) is 4.93. The van der Waals surface area contributed by atoms with Crippen molar-refractivity contribution in [3.8, 4) is 0 Å². The second-order valence-electron chi connectivity index (χ2n) is 4.93. The predicted molar refractivity (Wildman–Crippen MR) is 119 cm³/mol. The Labute approximate surface area is 166 Å². The van der Waals surface area contributed by atoms with Gasteiger partial charge in [0.2, 0.25) is 0 Å². The Hall–Kier alpha value is -2.15. The molecule has 0 aromatic carbocycles. The van der Waals surface area contributed by atoms with E-state index in [1.807, 2.05) is 47.6 Å². The van der Waals surface area contributed by atoms with E-state index < -0.39 is 5.91 Å². The summed E-state index contributed by atoms with van der Waals surface area (Å²) in [6, 6.07) is 0. The van der Waals surface area contributed by atoms with Crippen LogP contribution in [0.4, 0.5) is 11.6 Å². The van der Waals surface area contributed by atoms with Gasteiger partial charge in [0.25, 0.3) is 5.91 Å². The normalized spacial score (nSPS) is 12.6. The predicted octanol–water partition coefficient (Wildman–Crippen LogP) is 4.16. The van der Waals surface area contributed by atoms with Crippen LogP contribution < -0.4 is 21.7 Å². The molecule has 7 nitrogen and oxygen atoms in total. The zero-order valence-corrected chi connectivity index (χ0v) is 17.6. The van der Waals surface area contributed by atoms with Gasteiger partial charge in [0.1, 0.15) is 5.82 Å². The first-order chi connectivity index (χ1) is 12.6. The minimum atomic E-state index is -0.575. The molecule has 1 saturated heterocycles. The van der Waals surface area contributed by atoms with Gasteiger partial charge >= 0.3 is 0 Å². The number of allylic oxidation sites excluding steroid dienone is 2. The van der Waals surface area contributed by atoms with Gasteiger partial charge in [-0.05, 0) is 40.2 Å². The Morgan fingerprint density at radius 2 is 1.67 bits per heavy atom. The molecule has 0 radical (unpaired) electrons. The zero-order chi connectivity index (χ0) is 20.5. The second kappa shape index (κ2) is 18.6. The molecule has 0 saturated carbocycles. The van der Waals surface area contributed by atoms with Gasteiger partial charge in [0.05, 0.1) is 6.20 Å². The highest BCUT2D eigenvalue weighted by atomic mass is 16.1. The number of anilines is 2. The first-order valence-electron chi connectivity index (χ1n) is 9.51. The van der Waals surface area contributed by atoms with Gasteiger partial charge in [0, 0.05) is 18.8 Å². The molecule has 1 aromatic rings. The molecule has 7 heteroatoms. The lowest BCUT2D eigenvalue weighted by atomic mass is 10.1. The van der Waals surface area contributed by atoms with Crippen molar-refractivity contribution in [2.45, 2.75) is 68.2 Å². The Morgan fingerprint density at radius 1 is 1.15 bits per heavy atom. The van der Waals surface area contributed by atoms with Crippen molar-refractivity contribution in [2.75, 3.05) is 30.4 Å². The third-order valence-electron chi connectivity index (χ3n) is 3.42. The Morgan fingerprint density at radius 3 is 2.11 bits per heavy atom. The molecule has 5 N–H and O–H groups in total. The molecule has 0 unspecified atom stereocenters. The van der Waals surface area contributed by atoms with Gasteiger partial charge in [-0.2, -0.15) is 0 Å². The van der Waals surface area contributed by atoms with Crippen LogP contribution in [-0.2, 0) is 0 Å². The van der Waals surface area contributed by atoms with E-state index in [9.17, 15) is 4.79 Å². The fourth-order valence-corrected chi connectivity index (χ4v) is 2.18. The van der Waals surface area contributed by atoms with Crippen molar-refractivity contribution >= 4 is 17.5 Å². The van der Waals surface area contributed by atoms with Gasteiger partial charge in [-0.1, -0.05) is 41.2 Å². The molecule has 2 heterocycles. The lowest BCUT2D eigenvalue weighted by molar-refractivity contribution is 0.0996. The average Bonchev–Trinajstić information content (AvgIpc) is 2.72. The van der Waals surface area contributed by atoms with Crippen LogP contribution in [0.25, 0.3) is 0 Å². The van der Waals surface area contributed by atoms with Gasteiger partial charge in [0.15, 0.2) is 11.5 Å². The number of carbonyl (C=O) groups is 1. The van der Waals surface area contributed by atoms with E-state index in [-0.39, 0.29) is 13.1 Å². The summed E-state index contributed by atoms with van der Waals surface area (Å²) in [4.78, 5) is 22.3. The zero-order valence-electron chi connectivity index (χ0n) is 17.6. The summed E-state index contributed by atoms with van der Waals surface area (Å²) in [6.45, 7) is 13.8. The van der Waals surface area contributed by atoms with Crippen LogP contribution in [0, 0.1) is 0 Å². The van der Waals surface area contributed by atoms with Crippen LogP contribution in [-0.4, -0.2) is 36.0 Å². The van der Waals surface area contributed by atoms with E-state index in [2.05, 4.69) is 25.9 Å². The molecule has 1 aliphatic heterocycles. The quantitative estimate of drug-likeness (QED) is 0.721. The minimum Gasteiger partial charge on any atom is -0.364 e. The summed E-state index contributed by atoms with van der Waals surface area (Å²) in [5, 5.41) is 3.08. The van der Waals surface area contributed by atoms with Gasteiger partial charge in [-0.15, -0.1) is 0 Å². The molecule has 1 aliphatic rings. The number of hydrogen-bond acceptors (Lipinski definition) is 6. The van der Waals surface area contributed by atoms with Crippen molar-refractivity contribution in [2.24, 2.45) is 11.5 Å². The van der Waals surface area contributed by atoms with Crippen LogP contribution in [0.2, 0.25) is 0 Å². The third-order valence-corrected chi connectivity index (χ3v) is 3.42. The lowest BCUT2D eigenvalue weighted by Crippen LogP contribution is -2.31. The topological polar surface area (TPSA) is 110 Å². The lowest BCUT2D eigenvalue weighted by Gasteiger charge is -2.27. The highest BCUT2D eigenvalue weighted by Crippen LogP contribution is 2.21. The number of carbonyl (C=O) groups excluding carboxylic acids is 1. The minimum absolute atomic E-state index is 0. The number of piperidine rings is 1. The fourth-order valence-electron chi connectivity index (χ4n) is 2.18. The van der Waals surface area contributed by atoms with Crippen LogP contribution in [0.5, 0.6) is 0 Å². The maximum atomic E-state index is 11.4. The standard InChI is InChI=1S/C14H21N5O.2C2H6.CH5N.CH4/c1-3-10(2)17-14-12(13(15)20)16-9-11(18-14)19-7-5-4-6-8-19;3*1-2;/h3,9H,4-8H2,1-2H3,(H2,15,20)(H,17,18);2*1-2H3;2H2,1H3;1H4/b10-3+;;;;. The Bertz CT molecular complexity index is 525. The highest BCUT2D eigenvalue weighted by molar-refractivity contribution is 5.95. The number of rotatable bonds is 4. The average molecular weight is 383 g/mol. The summed E-state index contributed by atoms with van der Waals surface area (Å²) in [5.74, 6) is 0.645. The maximum absolute atomic E-state index is 11.4. The third kappa shape index (κ3) is 10.6. The largest absolute Gasteiger partial charge is 0.364 e. The number of aromatic nitrogens is 2. The van der Waals surface area contributed by atoms with E-state index in [0.29, 0.717) is 5.82 Å². The first-order valence-corrected chi connectivity index (χ1v) is 9.51. The maximum Gasteiger partial charge on any atom is 0.271 e. The van der Waals surface area contributed by atoms with Crippen LogP contribution in [0.1, 0.15) is 78.7 Å². The van der Waals surface area contributed by atoms with E-state index >= 15 is 0 Å². The Balaban J connectivity index is -0.000000749. The number of hydrogen-bond donors (Lipinski definition) is 3. The van der Waals surface area contributed by atoms with Gasteiger partial charge in [-0.25, -0.2) is 9.97 Å². The molecule has 0 spiro atoms. The summed E-state index contributed by atoms with van der Waals surface area (Å²) < 4.78 is 0. The molecule has 0 atom stereocenters. The Kier molecular flexibility index (Phi) is 20.4. The number of primary amides is 1. The molecule has 1 amide bonds. The monoisotopic (exact) mass is 382 g/mol. The molecule has 27 heavy (non-hydrogen) atoms. The summed E-state index contributed by atoms with van der Waals surface area (Å²) >= 11 is 0. The smallest absolute Gasteiger partial charge is 0.271 e. The molecule has 1 fully saturated rings. The number of nitrogens with zero attached hydrogens (tertiary/aromatic N) is 3. The van der Waals surface area contributed by atoms with Crippen molar-refractivity contribution in [1.29, 1.82) is 0 Å². The van der Waals surface area contributed by atoms with Crippen molar-refractivity contribution in [3.05, 3.63) is 23.7 Å². The SMILES string of the molecule is C.C/C=C(\C)Nc1nc(N2CCCCC2)cnc1C(N)=O.CC.CC.CN. The van der Waals surface area contributed by atoms with E-state index in [4.69, 9.17) is 5.73 Å². The molecular formula is C20H42N6O. The van der Waals surface area contributed by atoms with Crippen molar-refractivity contribution < 1.29 is 4.79 Å². The molecule has 1 aromatic heterocycles. The van der Waals surface area contributed by atoms with Gasteiger partial charge in [-0.3, -0.25) is 4.79 Å². The van der Waals surface area contributed by atoms with E-state index in [1.165, 1.54) is 13.5 Å². The number of nitrogens with two attached hydrogens (primary N) is 2. The summed E-state index contributed by atoms with van der Waals surface area (Å²) in [6.07, 6.45) is 7.11. The van der Waals surface area contributed by atoms with Crippen molar-refractivity contribution in [1.82, 2.24) is 9.97 Å². The summed E-state index contributed by atoms with van der Waals surface area (Å²) in [7, 11) is 1.50. The van der Waals surface area contributed by atoms with E-state index in [0.717, 1.165) is 37.4 Å². The molecule has 0 aliphatic carbocycles.